The van der Waals surface area contributed by atoms with E-state index in [1.54, 1.807) is 7.11 Å². The number of fused-ring (bicyclic) bond motifs is 1. The molecule has 5 nitrogen and oxygen atoms in total. The van der Waals surface area contributed by atoms with Gasteiger partial charge in [-0.25, -0.2) is 9.97 Å². The van der Waals surface area contributed by atoms with E-state index in [4.69, 9.17) is 21.1 Å². The second kappa shape index (κ2) is 6.23. The minimum Gasteiger partial charge on any atom is -0.378 e. The van der Waals surface area contributed by atoms with Crippen LogP contribution in [-0.2, 0) is 16.1 Å². The highest BCUT2D eigenvalue weighted by Crippen LogP contribution is 2.31. The summed E-state index contributed by atoms with van der Waals surface area (Å²) in [4.78, 5) is 11.4. The van der Waals surface area contributed by atoms with Crippen LogP contribution in [0, 0.1) is 0 Å². The average molecular weight is 363 g/mol. The van der Waals surface area contributed by atoms with Crippen LogP contribution in [0.3, 0.4) is 0 Å². The van der Waals surface area contributed by atoms with Crippen LogP contribution >= 0.6 is 27.5 Å². The predicted molar refractivity (Wildman–Crippen MR) is 78.7 cm³/mol. The molecule has 110 valence electrons. The molecule has 3 heterocycles. The molecule has 2 aliphatic rings. The smallest absolute Gasteiger partial charge is 0.160 e. The Kier molecular flexibility index (Phi) is 4.57. The topological polar surface area (TPSA) is 47.5 Å². The van der Waals surface area contributed by atoms with Crippen molar-refractivity contribution >= 4 is 27.5 Å². The lowest BCUT2D eigenvalue weighted by molar-refractivity contribution is -0.0543. The molecular formula is C13H17BrClN3O2. The monoisotopic (exact) mass is 361 g/mol. The number of halogens is 2. The molecule has 0 saturated carbocycles. The van der Waals surface area contributed by atoms with Gasteiger partial charge in [0, 0.05) is 19.7 Å². The average Bonchev–Trinajstić information content (AvgIpc) is 2.91. The van der Waals surface area contributed by atoms with Crippen molar-refractivity contribution in [2.24, 2.45) is 0 Å². The highest BCUT2D eigenvalue weighted by atomic mass is 79.9. The summed E-state index contributed by atoms with van der Waals surface area (Å²) in [5.41, 5.74) is 0.759. The summed E-state index contributed by atoms with van der Waals surface area (Å²) in [5, 5.41) is 0.411. The Hall–Kier alpha value is -0.270. The first kappa shape index (κ1) is 14.7. The van der Waals surface area contributed by atoms with E-state index in [1.165, 1.54) is 12.8 Å². The van der Waals surface area contributed by atoms with Crippen molar-refractivity contribution < 1.29 is 9.47 Å². The van der Waals surface area contributed by atoms with E-state index in [0.717, 1.165) is 25.4 Å². The maximum absolute atomic E-state index is 6.16. The number of hydrogen-bond acceptors (Lipinski definition) is 5. The number of methoxy groups -OCH3 is 1. The van der Waals surface area contributed by atoms with Gasteiger partial charge in [-0.1, -0.05) is 11.6 Å². The fourth-order valence-electron chi connectivity index (χ4n) is 2.83. The molecule has 0 N–H and O–H groups in total. The molecule has 2 atom stereocenters. The van der Waals surface area contributed by atoms with Crippen molar-refractivity contribution in [2.45, 2.75) is 31.6 Å². The van der Waals surface area contributed by atoms with E-state index in [2.05, 4.69) is 30.8 Å². The van der Waals surface area contributed by atoms with Gasteiger partial charge in [0.1, 0.15) is 11.3 Å². The largest absolute Gasteiger partial charge is 0.378 e. The fraction of sp³-hybridized carbons (Fsp3) is 0.692. The van der Waals surface area contributed by atoms with Gasteiger partial charge in [-0.2, -0.15) is 0 Å². The Bertz CT molecular complexity index is 503. The molecule has 20 heavy (non-hydrogen) atoms. The highest BCUT2D eigenvalue weighted by molar-refractivity contribution is 9.10. The summed E-state index contributed by atoms with van der Waals surface area (Å²) >= 11 is 9.56. The lowest BCUT2D eigenvalue weighted by atomic mass is 10.2. The molecule has 1 aromatic rings. The van der Waals surface area contributed by atoms with E-state index < -0.39 is 0 Å². The molecule has 2 aliphatic heterocycles. The number of ether oxygens (including phenoxy) is 2. The van der Waals surface area contributed by atoms with Crippen LogP contribution in [0.25, 0.3) is 0 Å². The molecule has 0 aliphatic carbocycles. The Labute approximate surface area is 131 Å². The second-order valence-corrected chi connectivity index (χ2v) is 6.33. The Morgan fingerprint density at radius 3 is 3.15 bits per heavy atom. The van der Waals surface area contributed by atoms with Crippen molar-refractivity contribution in [1.29, 1.82) is 0 Å². The van der Waals surface area contributed by atoms with E-state index in [1.807, 2.05) is 0 Å². The molecule has 1 aromatic heterocycles. The number of nitrogens with zero attached hydrogens (tertiary/aromatic N) is 3. The van der Waals surface area contributed by atoms with E-state index in [-0.39, 0.29) is 6.10 Å². The molecule has 2 fully saturated rings. The van der Waals surface area contributed by atoms with Crippen molar-refractivity contribution in [3.63, 3.8) is 0 Å². The number of rotatable bonds is 3. The highest BCUT2D eigenvalue weighted by Gasteiger charge is 2.34. The fourth-order valence-corrected chi connectivity index (χ4v) is 3.32. The van der Waals surface area contributed by atoms with Gasteiger partial charge in [0.05, 0.1) is 23.4 Å². The zero-order chi connectivity index (χ0) is 14.1. The van der Waals surface area contributed by atoms with E-state index >= 15 is 0 Å². The van der Waals surface area contributed by atoms with Crippen molar-refractivity contribution in [3.05, 3.63) is 21.1 Å². The Balaban J connectivity index is 1.82. The molecule has 0 aromatic carbocycles. The minimum absolute atomic E-state index is 0.106. The summed E-state index contributed by atoms with van der Waals surface area (Å²) in [5.74, 6) is 0.649. The number of morpholine rings is 1. The van der Waals surface area contributed by atoms with Crippen LogP contribution in [0.4, 0.5) is 0 Å². The van der Waals surface area contributed by atoms with Gasteiger partial charge in [-0.05, 0) is 35.3 Å². The van der Waals surface area contributed by atoms with Crippen LogP contribution < -0.4 is 0 Å². The molecule has 0 spiro atoms. The number of hydrogen-bond donors (Lipinski definition) is 0. The zero-order valence-electron chi connectivity index (χ0n) is 11.3. The normalized spacial score (nSPS) is 26.8. The zero-order valence-corrected chi connectivity index (χ0v) is 13.7. The van der Waals surface area contributed by atoms with Crippen LogP contribution in [0.1, 0.15) is 30.5 Å². The third kappa shape index (κ3) is 2.85. The Morgan fingerprint density at radius 1 is 1.50 bits per heavy atom. The van der Waals surface area contributed by atoms with Crippen molar-refractivity contribution in [3.8, 4) is 0 Å². The molecule has 7 heteroatoms. The minimum atomic E-state index is -0.106. The second-order valence-electron chi connectivity index (χ2n) is 5.18. The summed E-state index contributed by atoms with van der Waals surface area (Å²) in [6, 6.07) is 0.565. The SMILES string of the molecule is COCc1nc(C2CN3CCCC3CO2)nc(Cl)c1Br. The van der Waals surface area contributed by atoms with Crippen molar-refractivity contribution in [2.75, 3.05) is 26.8 Å². The maximum atomic E-state index is 6.16. The van der Waals surface area contributed by atoms with Gasteiger partial charge in [0.15, 0.2) is 5.82 Å². The molecule has 3 rings (SSSR count). The van der Waals surface area contributed by atoms with Gasteiger partial charge in [0.25, 0.3) is 0 Å². The van der Waals surface area contributed by atoms with Gasteiger partial charge < -0.3 is 9.47 Å². The molecule has 2 saturated heterocycles. The first-order chi connectivity index (χ1) is 9.69. The van der Waals surface area contributed by atoms with Gasteiger partial charge >= 0.3 is 0 Å². The van der Waals surface area contributed by atoms with Gasteiger partial charge in [0.2, 0.25) is 0 Å². The lowest BCUT2D eigenvalue weighted by Gasteiger charge is -2.34. The third-order valence-corrected chi connectivity index (χ3v) is 5.19. The van der Waals surface area contributed by atoms with Crippen LogP contribution in [-0.4, -0.2) is 47.7 Å². The van der Waals surface area contributed by atoms with Crippen LogP contribution in [0.2, 0.25) is 5.15 Å². The summed E-state index contributed by atoms with van der Waals surface area (Å²) in [7, 11) is 1.63. The maximum Gasteiger partial charge on any atom is 0.160 e. The summed E-state index contributed by atoms with van der Waals surface area (Å²) in [6.07, 6.45) is 2.37. The molecule has 0 radical (unpaired) electrons. The van der Waals surface area contributed by atoms with E-state index in [0.29, 0.717) is 28.1 Å². The Morgan fingerprint density at radius 2 is 2.35 bits per heavy atom. The molecule has 0 amide bonds. The molecular weight excluding hydrogens is 346 g/mol. The predicted octanol–water partition coefficient (Wildman–Crippen LogP) is 2.57. The first-order valence-electron chi connectivity index (χ1n) is 6.75. The van der Waals surface area contributed by atoms with E-state index in [9.17, 15) is 0 Å². The molecule has 2 unspecified atom stereocenters. The van der Waals surface area contributed by atoms with Crippen LogP contribution in [0.5, 0.6) is 0 Å². The van der Waals surface area contributed by atoms with Gasteiger partial charge in [-0.3, -0.25) is 4.90 Å². The quantitative estimate of drug-likeness (QED) is 0.774. The standard InChI is InChI=1S/C13H17BrClN3O2/c1-19-7-9-11(14)12(15)17-13(16-9)10-5-18-4-2-3-8(18)6-20-10/h8,10H,2-7H2,1H3. The third-order valence-electron chi connectivity index (χ3n) is 3.85. The summed E-state index contributed by atoms with van der Waals surface area (Å²) in [6.45, 7) is 3.13. The lowest BCUT2D eigenvalue weighted by Crippen LogP contribution is -2.42. The van der Waals surface area contributed by atoms with Crippen molar-refractivity contribution in [1.82, 2.24) is 14.9 Å². The first-order valence-corrected chi connectivity index (χ1v) is 7.92. The molecule has 0 bridgehead atoms. The van der Waals surface area contributed by atoms with Gasteiger partial charge in [-0.15, -0.1) is 0 Å². The summed E-state index contributed by atoms with van der Waals surface area (Å²) < 4.78 is 11.8. The van der Waals surface area contributed by atoms with Crippen LogP contribution in [0.15, 0.2) is 4.47 Å². The number of aromatic nitrogens is 2.